The first-order valence-electron chi connectivity index (χ1n) is 21.8. The van der Waals surface area contributed by atoms with Crippen LogP contribution in [-0.4, -0.2) is 103 Å². The highest BCUT2D eigenvalue weighted by molar-refractivity contribution is 6.00. The SMILES string of the molecule is Cn1c(=O)n([C@@H]2CCC(=O)NC2=O)c2ccc(CCCN3C[C@H]4CN(c5ccc6cn(C7CCC(CNC(=O)c8cc(F)c(O)c(F)c8F)CC7)nc6c5)C[C@@H]4C3)cc21.O=C(O)C(F)(F)F. The van der Waals surface area contributed by atoms with Gasteiger partial charge in [-0.05, 0) is 111 Å². The van der Waals surface area contributed by atoms with Crippen molar-refractivity contribution in [3.05, 3.63) is 87.7 Å². The number of anilines is 1. The summed E-state index contributed by atoms with van der Waals surface area (Å²) in [7, 11) is 1.72. The number of nitrogens with zero attached hydrogens (tertiary/aromatic N) is 6. The second kappa shape index (κ2) is 18.5. The number of hydrogen-bond acceptors (Lipinski definition) is 9. The predicted molar refractivity (Wildman–Crippen MR) is 227 cm³/mol. The van der Waals surface area contributed by atoms with Gasteiger partial charge >= 0.3 is 17.8 Å². The Balaban J connectivity index is 0.000000785. The van der Waals surface area contributed by atoms with Crippen LogP contribution in [-0.2, 0) is 27.9 Å². The van der Waals surface area contributed by atoms with Crippen LogP contribution in [0.15, 0.2) is 53.5 Å². The summed E-state index contributed by atoms with van der Waals surface area (Å²) in [4.78, 5) is 63.8. The number of carboxylic acid groups (broad SMARTS) is 1. The largest absolute Gasteiger partial charge is 0.503 e. The molecule has 0 bridgehead atoms. The zero-order valence-corrected chi connectivity index (χ0v) is 35.8. The van der Waals surface area contributed by atoms with Gasteiger partial charge in [0.25, 0.3) is 5.91 Å². The number of aromatic nitrogens is 4. The summed E-state index contributed by atoms with van der Waals surface area (Å²) in [5.74, 6) is -9.26. The van der Waals surface area contributed by atoms with Gasteiger partial charge in [-0.25, -0.2) is 18.4 Å². The van der Waals surface area contributed by atoms with E-state index in [0.29, 0.717) is 29.8 Å². The minimum atomic E-state index is -5.08. The van der Waals surface area contributed by atoms with Gasteiger partial charge in [0, 0.05) is 63.5 Å². The molecule has 0 radical (unpaired) electrons. The average Bonchev–Trinajstić information content (AvgIpc) is 4.05. The molecule has 66 heavy (non-hydrogen) atoms. The van der Waals surface area contributed by atoms with Crippen molar-refractivity contribution < 1.29 is 55.7 Å². The number of phenolic OH excluding ortho intramolecular Hbond substituents is 1. The summed E-state index contributed by atoms with van der Waals surface area (Å²) < 4.78 is 78.5. The number of likely N-dealkylation sites (tertiary alicyclic amines) is 1. The number of rotatable bonds is 10. The molecule has 3 aromatic carbocycles. The molecule has 0 unspecified atom stereocenters. The Hall–Kier alpha value is -6.38. The van der Waals surface area contributed by atoms with Gasteiger partial charge in [-0.15, -0.1) is 0 Å². The second-order valence-corrected chi connectivity index (χ2v) is 17.7. The number of nitrogens with one attached hydrogen (secondary N) is 2. The zero-order valence-electron chi connectivity index (χ0n) is 35.8. The lowest BCUT2D eigenvalue weighted by Crippen LogP contribution is -2.44. The number of alkyl halides is 3. The summed E-state index contributed by atoms with van der Waals surface area (Å²) in [6, 6.07) is 12.6. The van der Waals surface area contributed by atoms with Gasteiger partial charge in [-0.2, -0.15) is 22.7 Å². The van der Waals surface area contributed by atoms with E-state index in [1.165, 1.54) is 10.3 Å². The molecule has 4 aliphatic rings. The number of aryl methyl sites for hydroxylation is 2. The van der Waals surface area contributed by atoms with E-state index in [0.717, 1.165) is 93.2 Å². The number of imidazole rings is 1. The van der Waals surface area contributed by atoms with Gasteiger partial charge < -0.3 is 25.3 Å². The van der Waals surface area contributed by atoms with Crippen LogP contribution in [0.25, 0.3) is 21.9 Å². The summed E-state index contributed by atoms with van der Waals surface area (Å²) in [5.41, 5.74) is 3.75. The molecule has 1 saturated carbocycles. The van der Waals surface area contributed by atoms with Crippen LogP contribution in [0.2, 0.25) is 0 Å². The molecule has 4 fully saturated rings. The molecule has 5 aromatic rings. The van der Waals surface area contributed by atoms with E-state index in [1.54, 1.807) is 11.6 Å². The number of piperidine rings is 1. The number of carbonyl (C=O) groups excluding carboxylic acids is 3. The van der Waals surface area contributed by atoms with E-state index in [4.69, 9.17) is 15.0 Å². The third kappa shape index (κ3) is 9.48. The average molecular weight is 927 g/mol. The molecular formula is C45H48F6N8O7. The standard InChI is InChI=1S/C43H47F3N8O5.C2HF3O2/c1-50-36-15-24(6-11-34(36)54(43(50)59)35-12-13-37(55)48-42(35)58)3-2-14-51-19-27-21-52(22-28(27)20-51)30-10-7-26-23-53(49-33(26)16-30)29-8-4-25(5-9-29)18-47-41(57)31-17-32(44)40(56)39(46)38(31)45;3-2(4,5)1(6)7/h6-7,10-11,15-17,23,25,27-29,35,56H,2-5,8-9,12-14,18-22H2,1H3,(H,47,57)(H,48,55,58);(H,6,7)/t25?,27-,28-,29?,35+;/m0./s1. The third-order valence-electron chi connectivity index (χ3n) is 13.4. The topological polar surface area (TPSA) is 184 Å². The Morgan fingerprint density at radius 1 is 0.894 bits per heavy atom. The number of amides is 3. The Morgan fingerprint density at radius 3 is 2.26 bits per heavy atom. The highest BCUT2D eigenvalue weighted by atomic mass is 19.4. The molecule has 3 atom stereocenters. The molecule has 0 spiro atoms. The highest BCUT2D eigenvalue weighted by Gasteiger charge is 2.40. The molecule has 2 aromatic heterocycles. The number of carbonyl (C=O) groups is 4. The van der Waals surface area contributed by atoms with Crippen LogP contribution < -0.4 is 21.2 Å². The zero-order chi connectivity index (χ0) is 47.2. The molecule has 5 heterocycles. The van der Waals surface area contributed by atoms with Gasteiger partial charge in [0.2, 0.25) is 17.6 Å². The number of hydrogen-bond donors (Lipinski definition) is 4. The number of aromatic hydroxyl groups is 1. The van der Waals surface area contributed by atoms with Crippen LogP contribution in [0, 0.1) is 35.2 Å². The fraction of sp³-hybridized carbons (Fsp3) is 0.467. The molecule has 3 saturated heterocycles. The molecule has 1 aliphatic carbocycles. The third-order valence-corrected chi connectivity index (χ3v) is 13.4. The van der Waals surface area contributed by atoms with E-state index in [9.17, 15) is 50.6 Å². The number of aliphatic carboxylic acids is 1. The molecule has 4 N–H and O–H groups in total. The molecule has 3 amide bonds. The maximum Gasteiger partial charge on any atom is 0.490 e. The van der Waals surface area contributed by atoms with Gasteiger partial charge in [0.1, 0.15) is 6.04 Å². The number of halogens is 6. The van der Waals surface area contributed by atoms with E-state index in [2.05, 4.69) is 44.8 Å². The summed E-state index contributed by atoms with van der Waals surface area (Å²) in [6.07, 6.45) is 2.73. The Morgan fingerprint density at radius 2 is 1.59 bits per heavy atom. The minimum Gasteiger partial charge on any atom is -0.503 e. The minimum absolute atomic E-state index is 0.133. The van der Waals surface area contributed by atoms with E-state index in [-0.39, 0.29) is 36.5 Å². The molecule has 15 nitrogen and oxygen atoms in total. The lowest BCUT2D eigenvalue weighted by atomic mass is 9.86. The maximum absolute atomic E-state index is 14.1. The van der Waals surface area contributed by atoms with Crippen molar-refractivity contribution in [2.75, 3.05) is 44.2 Å². The first-order chi connectivity index (χ1) is 31.4. The van der Waals surface area contributed by atoms with Crippen LogP contribution >= 0.6 is 0 Å². The van der Waals surface area contributed by atoms with Crippen molar-refractivity contribution in [2.24, 2.45) is 24.8 Å². The summed E-state index contributed by atoms with van der Waals surface area (Å²) in [5, 5.41) is 27.4. The van der Waals surface area contributed by atoms with Crippen molar-refractivity contribution >= 4 is 51.3 Å². The van der Waals surface area contributed by atoms with Crippen LogP contribution in [0.3, 0.4) is 0 Å². The molecular weight excluding hydrogens is 879 g/mol. The van der Waals surface area contributed by atoms with E-state index < -0.39 is 58.8 Å². The number of phenols is 1. The predicted octanol–water partition coefficient (Wildman–Crippen LogP) is 5.59. The van der Waals surface area contributed by atoms with Crippen LogP contribution in [0.5, 0.6) is 5.75 Å². The smallest absolute Gasteiger partial charge is 0.490 e. The number of benzene rings is 3. The van der Waals surface area contributed by atoms with Gasteiger partial charge in [-0.3, -0.25) is 33.5 Å². The van der Waals surface area contributed by atoms with Crippen molar-refractivity contribution in [1.29, 1.82) is 0 Å². The van der Waals surface area contributed by atoms with Crippen molar-refractivity contribution in [1.82, 2.24) is 34.4 Å². The van der Waals surface area contributed by atoms with Gasteiger partial charge in [0.15, 0.2) is 17.4 Å². The lowest BCUT2D eigenvalue weighted by Gasteiger charge is -2.28. The Labute approximate surface area is 372 Å². The first-order valence-corrected chi connectivity index (χ1v) is 21.8. The molecule has 3 aliphatic heterocycles. The highest BCUT2D eigenvalue weighted by Crippen LogP contribution is 2.37. The van der Waals surface area contributed by atoms with Gasteiger partial charge in [-0.1, -0.05) is 6.07 Å². The maximum atomic E-state index is 14.1. The van der Waals surface area contributed by atoms with Crippen molar-refractivity contribution in [3.63, 3.8) is 0 Å². The van der Waals surface area contributed by atoms with Crippen LogP contribution in [0.1, 0.15) is 73.0 Å². The summed E-state index contributed by atoms with van der Waals surface area (Å²) >= 11 is 0. The fourth-order valence-corrected chi connectivity index (χ4v) is 9.89. The Bertz CT molecular complexity index is 2750. The Kier molecular flexibility index (Phi) is 12.9. The van der Waals surface area contributed by atoms with Crippen LogP contribution in [0.4, 0.5) is 32.0 Å². The summed E-state index contributed by atoms with van der Waals surface area (Å²) in [6.45, 7) is 5.40. The molecule has 21 heteroatoms. The number of imide groups is 1. The van der Waals surface area contributed by atoms with E-state index in [1.807, 2.05) is 22.9 Å². The fourth-order valence-electron chi connectivity index (χ4n) is 9.89. The normalized spacial score (nSPS) is 22.3. The lowest BCUT2D eigenvalue weighted by molar-refractivity contribution is -0.192. The first kappa shape index (κ1) is 46.2. The molecule has 352 valence electrons. The molecule has 9 rings (SSSR count). The van der Waals surface area contributed by atoms with Crippen molar-refractivity contribution in [3.8, 4) is 5.75 Å². The van der Waals surface area contributed by atoms with Crippen molar-refractivity contribution in [2.45, 2.75) is 69.6 Å². The van der Waals surface area contributed by atoms with E-state index >= 15 is 0 Å². The number of carboxylic acids is 1. The second-order valence-electron chi connectivity index (χ2n) is 17.7. The number of fused-ring (bicyclic) bond motifs is 3. The van der Waals surface area contributed by atoms with Gasteiger partial charge in [0.05, 0.1) is 28.2 Å². The monoisotopic (exact) mass is 926 g/mol. The quantitative estimate of drug-likeness (QED) is 0.0784.